The average molecular weight is 413 g/mol. The Bertz CT molecular complexity index is 948. The van der Waals surface area contributed by atoms with Gasteiger partial charge in [0.2, 0.25) is 0 Å². The number of unbranched alkanes of at least 4 members (excludes halogenated alkanes) is 1. The Morgan fingerprint density at radius 2 is 2.04 bits per heavy atom. The number of aromatic nitrogens is 1. The van der Waals surface area contributed by atoms with Gasteiger partial charge in [-0.3, -0.25) is 4.21 Å². The summed E-state index contributed by atoms with van der Waals surface area (Å²) in [4.78, 5) is 5.65. The van der Waals surface area contributed by atoms with Crippen molar-refractivity contribution in [2.75, 3.05) is 10.8 Å². The van der Waals surface area contributed by atoms with E-state index in [9.17, 15) is 9.47 Å². The minimum Gasteiger partial charge on any atom is -0.252 e. The van der Waals surface area contributed by atoms with E-state index in [2.05, 4.69) is 18.0 Å². The zero-order valence-electron chi connectivity index (χ0n) is 15.1. The number of nitriles is 1. The first-order valence-corrected chi connectivity index (χ1v) is 12.1. The van der Waals surface area contributed by atoms with E-state index in [0.717, 1.165) is 40.3 Å². The molecular weight excluding hydrogens is 392 g/mol. The Kier molecular flexibility index (Phi) is 7.22. The first-order valence-electron chi connectivity index (χ1n) is 8.75. The van der Waals surface area contributed by atoms with Crippen molar-refractivity contribution in [2.45, 2.75) is 24.8 Å². The van der Waals surface area contributed by atoms with E-state index in [1.807, 2.05) is 53.9 Å². The fourth-order valence-corrected chi connectivity index (χ4v) is 5.91. The van der Waals surface area contributed by atoms with Gasteiger partial charge in [-0.2, -0.15) is 5.26 Å². The van der Waals surface area contributed by atoms with E-state index < -0.39 is 10.8 Å². The lowest BCUT2D eigenvalue weighted by Crippen LogP contribution is -2.05. The van der Waals surface area contributed by atoms with Gasteiger partial charge in [-0.25, -0.2) is 4.98 Å². The Morgan fingerprint density at radius 3 is 2.70 bits per heavy atom. The second kappa shape index (κ2) is 9.84. The van der Waals surface area contributed by atoms with Crippen LogP contribution in [0.5, 0.6) is 0 Å². The van der Waals surface area contributed by atoms with Gasteiger partial charge in [0.05, 0.1) is 32.0 Å². The van der Waals surface area contributed by atoms with Crippen molar-refractivity contribution < 1.29 is 4.21 Å². The van der Waals surface area contributed by atoms with Gasteiger partial charge in [-0.1, -0.05) is 49.7 Å². The molecule has 0 aliphatic heterocycles. The van der Waals surface area contributed by atoms with E-state index in [1.165, 1.54) is 0 Å². The molecule has 6 heteroatoms. The highest BCUT2D eigenvalue weighted by Crippen LogP contribution is 2.33. The van der Waals surface area contributed by atoms with Crippen LogP contribution in [0.25, 0.3) is 21.7 Å². The molecule has 0 fully saturated rings. The highest BCUT2D eigenvalue weighted by molar-refractivity contribution is 8.10. The van der Waals surface area contributed by atoms with Crippen molar-refractivity contribution in [1.29, 1.82) is 5.26 Å². The van der Waals surface area contributed by atoms with Crippen LogP contribution in [0.3, 0.4) is 0 Å². The van der Waals surface area contributed by atoms with E-state index in [1.54, 1.807) is 23.1 Å². The van der Waals surface area contributed by atoms with E-state index in [0.29, 0.717) is 15.7 Å². The molecule has 138 valence electrons. The number of hydrogen-bond donors (Lipinski definition) is 0. The normalized spacial score (nSPS) is 11.9. The van der Waals surface area contributed by atoms with Crippen LogP contribution in [0.1, 0.15) is 25.3 Å². The lowest BCUT2D eigenvalue weighted by atomic mass is 10.0. The number of nitrogens with zero attached hydrogens (tertiary/aromatic N) is 2. The third-order valence-electron chi connectivity index (χ3n) is 4.00. The number of thioether (sulfide) groups is 1. The molecule has 3 aromatic rings. The SMILES string of the molecule is CCCCSCS(=O)c1nc(-c2cccs2)cc(-c2ccccc2)c1C#N. The molecule has 0 bridgehead atoms. The number of benzene rings is 1. The van der Waals surface area contributed by atoms with Crippen LogP contribution in [0.15, 0.2) is 58.9 Å². The van der Waals surface area contributed by atoms with E-state index >= 15 is 0 Å². The summed E-state index contributed by atoms with van der Waals surface area (Å²) >= 11 is 3.25. The first kappa shape index (κ1) is 19.8. The largest absolute Gasteiger partial charge is 0.252 e. The van der Waals surface area contributed by atoms with Gasteiger partial charge in [0.25, 0.3) is 0 Å². The Labute approximate surface area is 170 Å². The van der Waals surface area contributed by atoms with Gasteiger partial charge in [-0.05, 0) is 35.2 Å². The van der Waals surface area contributed by atoms with Crippen LogP contribution in [0.4, 0.5) is 0 Å². The van der Waals surface area contributed by atoms with Crippen molar-refractivity contribution in [2.24, 2.45) is 0 Å². The molecule has 0 aliphatic rings. The highest BCUT2D eigenvalue weighted by atomic mass is 32.2. The molecule has 0 saturated carbocycles. The Hall–Kier alpha value is -1.94. The molecule has 0 N–H and O–H groups in total. The summed E-state index contributed by atoms with van der Waals surface area (Å²) in [6.07, 6.45) is 2.22. The predicted molar refractivity (Wildman–Crippen MR) is 116 cm³/mol. The minimum atomic E-state index is -1.32. The molecule has 0 aliphatic carbocycles. The summed E-state index contributed by atoms with van der Waals surface area (Å²) in [5.41, 5.74) is 2.91. The molecule has 0 spiro atoms. The monoisotopic (exact) mass is 412 g/mol. The molecule has 27 heavy (non-hydrogen) atoms. The molecule has 1 unspecified atom stereocenters. The van der Waals surface area contributed by atoms with Crippen molar-refractivity contribution in [1.82, 2.24) is 4.98 Å². The summed E-state index contributed by atoms with van der Waals surface area (Å²) < 4.78 is 13.0. The van der Waals surface area contributed by atoms with Crippen LogP contribution in [0.2, 0.25) is 0 Å². The number of hydrogen-bond acceptors (Lipinski definition) is 5. The van der Waals surface area contributed by atoms with Gasteiger partial charge in [-0.15, -0.1) is 23.1 Å². The van der Waals surface area contributed by atoms with Gasteiger partial charge in [0.1, 0.15) is 11.1 Å². The van der Waals surface area contributed by atoms with Crippen molar-refractivity contribution in [3.8, 4) is 27.8 Å². The maximum atomic E-state index is 13.0. The zero-order valence-corrected chi connectivity index (χ0v) is 17.5. The van der Waals surface area contributed by atoms with Gasteiger partial charge >= 0.3 is 0 Å². The average Bonchev–Trinajstić information content (AvgIpc) is 3.25. The predicted octanol–water partition coefficient (Wildman–Crippen LogP) is 5.95. The van der Waals surface area contributed by atoms with Crippen LogP contribution in [0, 0.1) is 11.3 Å². The molecule has 3 rings (SSSR count). The second-order valence-corrected chi connectivity index (χ2v) is 9.70. The molecule has 3 nitrogen and oxygen atoms in total. The molecule has 2 aromatic heterocycles. The molecule has 1 atom stereocenters. The maximum Gasteiger partial charge on any atom is 0.147 e. The molecule has 0 saturated heterocycles. The molecule has 2 heterocycles. The summed E-state index contributed by atoms with van der Waals surface area (Å²) in [6, 6.07) is 17.9. The lowest BCUT2D eigenvalue weighted by Gasteiger charge is -2.12. The fourth-order valence-electron chi connectivity index (χ4n) is 2.63. The number of thiophene rings is 1. The summed E-state index contributed by atoms with van der Waals surface area (Å²) in [6.45, 7) is 2.14. The Balaban J connectivity index is 2.07. The summed E-state index contributed by atoms with van der Waals surface area (Å²) in [7, 11) is -1.32. The third kappa shape index (κ3) is 4.86. The lowest BCUT2D eigenvalue weighted by molar-refractivity contribution is 0.683. The van der Waals surface area contributed by atoms with Crippen LogP contribution in [-0.4, -0.2) is 20.0 Å². The quantitative estimate of drug-likeness (QED) is 0.429. The van der Waals surface area contributed by atoms with Gasteiger partial charge < -0.3 is 0 Å². The van der Waals surface area contributed by atoms with Crippen molar-refractivity contribution >= 4 is 33.9 Å². The second-order valence-electron chi connectivity index (χ2n) is 5.92. The molecule has 0 radical (unpaired) electrons. The fraction of sp³-hybridized carbons (Fsp3) is 0.238. The summed E-state index contributed by atoms with van der Waals surface area (Å²) in [5, 5.41) is 12.7. The van der Waals surface area contributed by atoms with E-state index in [4.69, 9.17) is 0 Å². The molecule has 0 amide bonds. The van der Waals surface area contributed by atoms with Gasteiger partial charge in [0.15, 0.2) is 0 Å². The smallest absolute Gasteiger partial charge is 0.147 e. The van der Waals surface area contributed by atoms with Crippen molar-refractivity contribution in [3.05, 3.63) is 59.5 Å². The maximum absolute atomic E-state index is 13.0. The topological polar surface area (TPSA) is 53.8 Å². The molecular formula is C21H20N2OS3. The standard InChI is InChI=1S/C21H20N2OS3/c1-2-3-11-25-15-27(24)21-18(14-22)17(16-8-5-4-6-9-16)13-19(23-21)20-10-7-12-26-20/h4-10,12-13H,2-3,11,15H2,1H3. The van der Waals surface area contributed by atoms with Crippen LogP contribution >= 0.6 is 23.1 Å². The zero-order chi connectivity index (χ0) is 19.1. The number of pyridine rings is 1. The Morgan fingerprint density at radius 1 is 1.22 bits per heavy atom. The van der Waals surface area contributed by atoms with Gasteiger partial charge in [0, 0.05) is 5.56 Å². The number of rotatable bonds is 8. The minimum absolute atomic E-state index is 0.395. The van der Waals surface area contributed by atoms with Crippen LogP contribution in [-0.2, 0) is 10.8 Å². The van der Waals surface area contributed by atoms with Crippen molar-refractivity contribution in [3.63, 3.8) is 0 Å². The first-order chi connectivity index (χ1) is 13.2. The third-order valence-corrected chi connectivity index (χ3v) is 7.72. The summed E-state index contributed by atoms with van der Waals surface area (Å²) in [5.74, 6) is 0.973. The van der Waals surface area contributed by atoms with Crippen LogP contribution < -0.4 is 0 Å². The molecule has 1 aromatic carbocycles. The highest BCUT2D eigenvalue weighted by Gasteiger charge is 2.19. The van der Waals surface area contributed by atoms with E-state index in [-0.39, 0.29) is 0 Å².